The molecule has 6 heteroatoms. The molecular formula is C29H50N6. The minimum absolute atomic E-state index is 0.167. The number of rotatable bonds is 1. The summed E-state index contributed by atoms with van der Waals surface area (Å²) in [6.07, 6.45) is 6.69. The number of aromatic nitrogens is 4. The van der Waals surface area contributed by atoms with Gasteiger partial charge >= 0.3 is 0 Å². The normalized spacial score (nSPS) is 18.3. The predicted molar refractivity (Wildman–Crippen MR) is 150 cm³/mol. The maximum absolute atomic E-state index is 4.41. The van der Waals surface area contributed by atoms with E-state index in [1.54, 1.807) is 0 Å². The summed E-state index contributed by atoms with van der Waals surface area (Å²) in [7, 11) is 4.04. The summed E-state index contributed by atoms with van der Waals surface area (Å²) in [4.78, 5) is 8.76. The SMILES string of the molecule is CC1=NC(C)C(C(C)(C)C)=N1.Cc1c(C(C)(C)C)cnn1C.Cn1ncc(C(C)(C)C)c1C1CC1. The second kappa shape index (κ2) is 10.4. The first-order chi connectivity index (χ1) is 15.8. The van der Waals surface area contributed by atoms with E-state index in [-0.39, 0.29) is 22.3 Å². The number of nitrogens with zero attached hydrogens (tertiary/aromatic N) is 6. The maximum atomic E-state index is 4.41. The van der Waals surface area contributed by atoms with Crippen LogP contribution in [0.3, 0.4) is 0 Å². The van der Waals surface area contributed by atoms with Crippen LogP contribution in [-0.2, 0) is 24.9 Å². The van der Waals surface area contributed by atoms with Gasteiger partial charge in [-0.1, -0.05) is 62.3 Å². The minimum Gasteiger partial charge on any atom is -0.273 e. The summed E-state index contributed by atoms with van der Waals surface area (Å²) < 4.78 is 3.97. The largest absolute Gasteiger partial charge is 0.273 e. The first-order valence-corrected chi connectivity index (χ1v) is 13.0. The number of aliphatic imine (C=N–C) groups is 2. The average Bonchev–Trinajstić information content (AvgIpc) is 3.21. The van der Waals surface area contributed by atoms with E-state index in [4.69, 9.17) is 0 Å². The van der Waals surface area contributed by atoms with Crippen LogP contribution in [0.4, 0.5) is 0 Å². The van der Waals surface area contributed by atoms with Crippen LogP contribution in [-0.4, -0.2) is 37.2 Å². The molecular weight excluding hydrogens is 432 g/mol. The van der Waals surface area contributed by atoms with E-state index in [0.717, 1.165) is 11.8 Å². The molecule has 0 bridgehead atoms. The van der Waals surface area contributed by atoms with Gasteiger partial charge in [0.2, 0.25) is 0 Å². The summed E-state index contributed by atoms with van der Waals surface area (Å²) in [5.41, 5.74) is 7.32. The van der Waals surface area contributed by atoms with Crippen LogP contribution < -0.4 is 0 Å². The van der Waals surface area contributed by atoms with Gasteiger partial charge in [-0.05, 0) is 55.6 Å². The molecule has 2 aromatic rings. The van der Waals surface area contributed by atoms with Crippen molar-refractivity contribution in [2.75, 3.05) is 0 Å². The van der Waals surface area contributed by atoms with Crippen molar-refractivity contribution in [2.24, 2.45) is 29.5 Å². The van der Waals surface area contributed by atoms with Gasteiger partial charge in [-0.3, -0.25) is 14.4 Å². The Morgan fingerprint density at radius 3 is 1.51 bits per heavy atom. The zero-order valence-electron chi connectivity index (χ0n) is 24.9. The van der Waals surface area contributed by atoms with Gasteiger partial charge in [0.05, 0.1) is 18.4 Å². The summed E-state index contributed by atoms with van der Waals surface area (Å²) in [6, 6.07) is 0.287. The molecule has 3 heterocycles. The van der Waals surface area contributed by atoms with Crippen LogP contribution in [0.1, 0.15) is 117 Å². The molecule has 1 saturated carbocycles. The number of hydrogen-bond acceptors (Lipinski definition) is 4. The van der Waals surface area contributed by atoms with Crippen molar-refractivity contribution in [3.63, 3.8) is 0 Å². The summed E-state index contributed by atoms with van der Waals surface area (Å²) in [6.45, 7) is 26.1. The lowest BCUT2D eigenvalue weighted by molar-refractivity contribution is 0.574. The van der Waals surface area contributed by atoms with Crippen LogP contribution in [0, 0.1) is 12.3 Å². The Kier molecular flexibility index (Phi) is 8.61. The number of hydrogen-bond donors (Lipinski definition) is 0. The molecule has 4 rings (SSSR count). The van der Waals surface area contributed by atoms with E-state index in [9.17, 15) is 0 Å². The van der Waals surface area contributed by atoms with Crippen LogP contribution in [0.5, 0.6) is 0 Å². The van der Waals surface area contributed by atoms with Crippen LogP contribution >= 0.6 is 0 Å². The molecule has 1 atom stereocenters. The highest BCUT2D eigenvalue weighted by molar-refractivity contribution is 6.07. The third kappa shape index (κ3) is 7.62. The third-order valence-corrected chi connectivity index (χ3v) is 6.63. The van der Waals surface area contributed by atoms with E-state index >= 15 is 0 Å². The highest BCUT2D eigenvalue weighted by Crippen LogP contribution is 2.44. The van der Waals surface area contributed by atoms with Crippen molar-refractivity contribution in [3.8, 4) is 0 Å². The lowest BCUT2D eigenvalue weighted by atomic mass is 9.86. The van der Waals surface area contributed by atoms with E-state index < -0.39 is 0 Å². The fourth-order valence-corrected chi connectivity index (χ4v) is 4.53. The van der Waals surface area contributed by atoms with Gasteiger partial charge in [-0.15, -0.1) is 0 Å². The Hall–Kier alpha value is -2.24. The molecule has 1 unspecified atom stereocenters. The topological polar surface area (TPSA) is 60.4 Å². The third-order valence-electron chi connectivity index (χ3n) is 6.63. The predicted octanol–water partition coefficient (Wildman–Crippen LogP) is 6.92. The van der Waals surface area contributed by atoms with Crippen molar-refractivity contribution in [3.05, 3.63) is 34.9 Å². The molecule has 0 aromatic carbocycles. The monoisotopic (exact) mass is 482 g/mol. The van der Waals surface area contributed by atoms with Crippen LogP contribution in [0.25, 0.3) is 0 Å². The number of amidine groups is 1. The quantitative estimate of drug-likeness (QED) is 0.443. The van der Waals surface area contributed by atoms with Gasteiger partial charge in [-0.2, -0.15) is 10.2 Å². The van der Waals surface area contributed by atoms with E-state index in [1.165, 1.54) is 41.1 Å². The second-order valence-corrected chi connectivity index (χ2v) is 13.2. The first-order valence-electron chi connectivity index (χ1n) is 13.0. The molecule has 35 heavy (non-hydrogen) atoms. The maximum Gasteiger partial charge on any atom is 0.120 e. The standard InChI is InChI=1S/C11H18N2.2C9H16N2/c1-11(2,3)9-7-12-13(4)10(9)8-5-6-8;1-7-8(9(2,3)4)6-10-11(7)5;1-6-8(9(3,4)5)11-7(2)10-6/h7-8H,5-6H2,1-4H3;2*6H,1-5H3. The Balaban J connectivity index is 0.000000186. The van der Waals surface area contributed by atoms with Crippen molar-refractivity contribution >= 4 is 11.5 Å². The Morgan fingerprint density at radius 2 is 1.23 bits per heavy atom. The van der Waals surface area contributed by atoms with Gasteiger partial charge in [0.1, 0.15) is 5.84 Å². The van der Waals surface area contributed by atoms with Gasteiger partial charge < -0.3 is 0 Å². The molecule has 2 aromatic heterocycles. The zero-order valence-corrected chi connectivity index (χ0v) is 24.9. The molecule has 0 saturated heterocycles. The fraction of sp³-hybridized carbons (Fsp3) is 0.724. The Labute approximate surface area is 214 Å². The molecule has 0 spiro atoms. The molecule has 196 valence electrons. The van der Waals surface area contributed by atoms with Gasteiger partial charge in [0.15, 0.2) is 0 Å². The Morgan fingerprint density at radius 1 is 0.743 bits per heavy atom. The van der Waals surface area contributed by atoms with Crippen molar-refractivity contribution in [1.29, 1.82) is 0 Å². The molecule has 0 amide bonds. The van der Waals surface area contributed by atoms with Gasteiger partial charge in [-0.25, -0.2) is 4.99 Å². The smallest absolute Gasteiger partial charge is 0.120 e. The highest BCUT2D eigenvalue weighted by atomic mass is 15.3. The average molecular weight is 483 g/mol. The molecule has 0 radical (unpaired) electrons. The molecule has 0 N–H and O–H groups in total. The first kappa shape index (κ1) is 29.0. The van der Waals surface area contributed by atoms with Gasteiger partial charge in [0.25, 0.3) is 0 Å². The molecule has 1 aliphatic heterocycles. The van der Waals surface area contributed by atoms with Crippen LogP contribution in [0.15, 0.2) is 22.4 Å². The lowest BCUT2D eigenvalue weighted by Gasteiger charge is -2.20. The molecule has 2 aliphatic rings. The molecule has 1 fully saturated rings. The zero-order chi connectivity index (χ0) is 26.9. The fourth-order valence-electron chi connectivity index (χ4n) is 4.53. The molecule has 1 aliphatic carbocycles. The van der Waals surface area contributed by atoms with E-state index in [2.05, 4.69) is 108 Å². The van der Waals surface area contributed by atoms with Crippen molar-refractivity contribution < 1.29 is 0 Å². The van der Waals surface area contributed by atoms with Crippen molar-refractivity contribution in [1.82, 2.24) is 19.6 Å². The lowest BCUT2D eigenvalue weighted by Crippen LogP contribution is -2.27. The second-order valence-electron chi connectivity index (χ2n) is 13.2. The van der Waals surface area contributed by atoms with E-state index in [1.807, 2.05) is 31.0 Å². The van der Waals surface area contributed by atoms with E-state index in [0.29, 0.717) is 0 Å². The minimum atomic E-state index is 0.167. The van der Waals surface area contributed by atoms with Crippen molar-refractivity contribution in [2.45, 2.75) is 119 Å². The summed E-state index contributed by atoms with van der Waals surface area (Å²) in [5.74, 6) is 1.71. The van der Waals surface area contributed by atoms with Crippen LogP contribution in [0.2, 0.25) is 0 Å². The highest BCUT2D eigenvalue weighted by Gasteiger charge is 2.32. The Bertz CT molecular complexity index is 1060. The summed E-state index contributed by atoms with van der Waals surface area (Å²) in [5, 5.41) is 8.56. The van der Waals surface area contributed by atoms with Gasteiger partial charge in [0, 0.05) is 42.5 Å². The number of aryl methyl sites for hydroxylation is 2. The summed E-state index contributed by atoms with van der Waals surface area (Å²) >= 11 is 0. The molecule has 6 nitrogen and oxygen atoms in total.